The van der Waals surface area contributed by atoms with Crippen molar-refractivity contribution >= 4 is 34.4 Å². The fourth-order valence-electron chi connectivity index (χ4n) is 5.79. The van der Waals surface area contributed by atoms with E-state index in [1.54, 1.807) is 12.3 Å². The normalized spacial score (nSPS) is 20.4. The van der Waals surface area contributed by atoms with E-state index in [9.17, 15) is 9.59 Å². The molecule has 196 valence electrons. The Morgan fingerprint density at radius 1 is 1.14 bits per heavy atom. The number of fused-ring (bicyclic) bond motifs is 1. The van der Waals surface area contributed by atoms with Gasteiger partial charge in [0.25, 0.3) is 5.91 Å². The zero-order valence-electron chi connectivity index (χ0n) is 22.1. The topological polar surface area (TPSA) is 72.2 Å². The summed E-state index contributed by atoms with van der Waals surface area (Å²) in [6.07, 6.45) is 8.38. The van der Waals surface area contributed by atoms with Crippen LogP contribution in [-0.2, 0) is 6.54 Å². The van der Waals surface area contributed by atoms with E-state index in [4.69, 9.17) is 11.6 Å². The maximum atomic E-state index is 13.8. The van der Waals surface area contributed by atoms with Crippen molar-refractivity contribution < 1.29 is 4.79 Å². The highest BCUT2D eigenvalue weighted by molar-refractivity contribution is 6.30. The van der Waals surface area contributed by atoms with Crippen molar-refractivity contribution in [1.29, 1.82) is 0 Å². The molecule has 0 radical (unpaired) electrons. The summed E-state index contributed by atoms with van der Waals surface area (Å²) in [6.45, 7) is 10.0. The summed E-state index contributed by atoms with van der Waals surface area (Å²) in [4.78, 5) is 33.2. The van der Waals surface area contributed by atoms with Crippen LogP contribution in [0.4, 0.5) is 0 Å². The lowest BCUT2D eigenvalue weighted by atomic mass is 9.85. The zero-order valence-corrected chi connectivity index (χ0v) is 22.9. The van der Waals surface area contributed by atoms with Gasteiger partial charge < -0.3 is 10.2 Å². The van der Waals surface area contributed by atoms with E-state index in [0.29, 0.717) is 28.7 Å². The average Bonchev–Trinajstić information content (AvgIpc) is 3.45. The van der Waals surface area contributed by atoms with Gasteiger partial charge in [0, 0.05) is 30.9 Å². The molecule has 2 aliphatic rings. The number of halogens is 1. The summed E-state index contributed by atoms with van der Waals surface area (Å²) in [5, 5.41) is 3.63. The number of carbonyl (C=O) groups is 1. The molecule has 7 nitrogen and oxygen atoms in total. The number of benzene rings is 1. The highest BCUT2D eigenvalue weighted by Gasteiger charge is 2.31. The van der Waals surface area contributed by atoms with Gasteiger partial charge in [0.2, 0.25) is 0 Å². The number of amides is 1. The van der Waals surface area contributed by atoms with Crippen LogP contribution in [0.5, 0.6) is 0 Å². The van der Waals surface area contributed by atoms with Gasteiger partial charge in [-0.05, 0) is 90.0 Å². The van der Waals surface area contributed by atoms with Crippen LogP contribution in [0.25, 0.3) is 16.9 Å². The van der Waals surface area contributed by atoms with Crippen LogP contribution in [0.1, 0.15) is 68.9 Å². The van der Waals surface area contributed by atoms with Gasteiger partial charge in [0.1, 0.15) is 5.82 Å². The Hall–Kier alpha value is -3.06. The first-order valence-corrected chi connectivity index (χ1v) is 13.6. The Morgan fingerprint density at radius 2 is 1.84 bits per heavy atom. The standard InChI is InChI=1S/C29H36ClN5O2/c1-19-23(16-21(30)17-31-19)27(36)32-22-13-11-20(12-14-22)18-33-24-8-5-6-9-25(24)35(28(33)37)26-10-7-15-34(26)29(2,3)4/h5-6,8-10,16-17,20,22H,7,11-15,18H2,1-4H3,(H,32,36)/t20-,22-. The minimum atomic E-state index is -0.122. The molecule has 1 saturated carbocycles. The van der Waals surface area contributed by atoms with Crippen LogP contribution in [0.3, 0.4) is 0 Å². The van der Waals surface area contributed by atoms with Crippen molar-refractivity contribution in [2.45, 2.75) is 77.9 Å². The molecule has 8 heteroatoms. The fraction of sp³-hybridized carbons (Fsp3) is 0.483. The summed E-state index contributed by atoms with van der Waals surface area (Å²) >= 11 is 6.05. The molecule has 0 atom stereocenters. The van der Waals surface area contributed by atoms with E-state index in [2.05, 4.69) is 48.1 Å². The van der Waals surface area contributed by atoms with E-state index in [-0.39, 0.29) is 23.2 Å². The minimum absolute atomic E-state index is 0.0305. The first-order valence-electron chi connectivity index (χ1n) is 13.2. The van der Waals surface area contributed by atoms with Crippen LogP contribution < -0.4 is 11.0 Å². The van der Waals surface area contributed by atoms with Gasteiger partial charge in [-0.3, -0.25) is 14.3 Å². The van der Waals surface area contributed by atoms with Crippen LogP contribution in [0.15, 0.2) is 47.4 Å². The summed E-state index contributed by atoms with van der Waals surface area (Å²) in [5.74, 6) is 1.25. The third-order valence-corrected chi connectivity index (χ3v) is 7.96. The number of nitrogens with one attached hydrogen (secondary N) is 1. The second-order valence-corrected chi connectivity index (χ2v) is 11.8. The molecular formula is C29H36ClN5O2. The maximum absolute atomic E-state index is 13.8. The monoisotopic (exact) mass is 521 g/mol. The molecular weight excluding hydrogens is 486 g/mol. The molecule has 1 fully saturated rings. The second-order valence-electron chi connectivity index (χ2n) is 11.4. The number of pyridine rings is 1. The summed E-state index contributed by atoms with van der Waals surface area (Å²) in [7, 11) is 0. The lowest BCUT2D eigenvalue weighted by Crippen LogP contribution is -2.42. The quantitative estimate of drug-likeness (QED) is 0.484. The van der Waals surface area contributed by atoms with Gasteiger partial charge >= 0.3 is 5.69 Å². The van der Waals surface area contributed by atoms with Crippen molar-refractivity contribution in [2.75, 3.05) is 6.54 Å². The van der Waals surface area contributed by atoms with Gasteiger partial charge in [-0.15, -0.1) is 0 Å². The molecule has 0 bridgehead atoms. The van der Waals surface area contributed by atoms with Crippen molar-refractivity contribution in [3.63, 3.8) is 0 Å². The molecule has 0 spiro atoms. The average molecular weight is 522 g/mol. The number of hydrogen-bond donors (Lipinski definition) is 1. The predicted molar refractivity (Wildman–Crippen MR) is 149 cm³/mol. The highest BCUT2D eigenvalue weighted by Crippen LogP contribution is 2.31. The van der Waals surface area contributed by atoms with Gasteiger partial charge in [-0.1, -0.05) is 23.7 Å². The molecule has 5 rings (SSSR count). The number of para-hydroxylation sites is 2. The van der Waals surface area contributed by atoms with Crippen LogP contribution >= 0.6 is 11.6 Å². The van der Waals surface area contributed by atoms with Gasteiger partial charge in [0.15, 0.2) is 0 Å². The number of hydrogen-bond acceptors (Lipinski definition) is 4. The smallest absolute Gasteiger partial charge is 0.334 e. The minimum Gasteiger partial charge on any atom is -0.353 e. The molecule has 1 amide bonds. The number of aromatic nitrogens is 3. The first kappa shape index (κ1) is 25.6. The molecule has 1 N–H and O–H groups in total. The van der Waals surface area contributed by atoms with Crippen molar-refractivity contribution in [3.8, 4) is 0 Å². The van der Waals surface area contributed by atoms with E-state index < -0.39 is 0 Å². The van der Waals surface area contributed by atoms with Crippen LogP contribution in [0, 0.1) is 12.8 Å². The number of aryl methyl sites for hydroxylation is 1. The van der Waals surface area contributed by atoms with Crippen molar-refractivity contribution in [1.82, 2.24) is 24.3 Å². The third-order valence-electron chi connectivity index (χ3n) is 7.75. The lowest BCUT2D eigenvalue weighted by Gasteiger charge is -2.36. The van der Waals surface area contributed by atoms with Crippen LogP contribution in [0.2, 0.25) is 5.02 Å². The lowest BCUT2D eigenvalue weighted by molar-refractivity contribution is 0.0919. The molecule has 2 aromatic heterocycles. The molecule has 1 aliphatic carbocycles. The zero-order chi connectivity index (χ0) is 26.3. The molecule has 0 unspecified atom stereocenters. The SMILES string of the molecule is Cc1ncc(Cl)cc1C(=O)N[C@H]1CC[C@H](Cn2c(=O)n(C3=CCCN3C(C)(C)C)c3ccccc32)CC1. The predicted octanol–water partition coefficient (Wildman–Crippen LogP) is 5.45. The number of nitrogens with zero attached hydrogens (tertiary/aromatic N) is 4. The van der Waals surface area contributed by atoms with E-state index in [1.165, 1.54) is 0 Å². The molecule has 3 heterocycles. The van der Waals surface area contributed by atoms with E-state index in [1.807, 2.05) is 34.3 Å². The Labute approximate surface area is 223 Å². The van der Waals surface area contributed by atoms with Crippen molar-refractivity contribution in [2.24, 2.45) is 5.92 Å². The molecule has 3 aromatic rings. The van der Waals surface area contributed by atoms with Crippen molar-refractivity contribution in [3.05, 3.63) is 69.4 Å². The molecule has 0 saturated heterocycles. The first-order chi connectivity index (χ1) is 17.6. The van der Waals surface area contributed by atoms with Gasteiger partial charge in [-0.2, -0.15) is 0 Å². The van der Waals surface area contributed by atoms with Crippen LogP contribution in [-0.4, -0.2) is 43.1 Å². The van der Waals surface area contributed by atoms with Gasteiger partial charge in [-0.25, -0.2) is 9.36 Å². The molecule has 1 aliphatic heterocycles. The number of carbonyl (C=O) groups excluding carboxylic acids is 1. The summed E-state index contributed by atoms with van der Waals surface area (Å²) in [6, 6.07) is 9.90. The van der Waals surface area contributed by atoms with E-state index >= 15 is 0 Å². The number of rotatable bonds is 5. The Kier molecular flexibility index (Phi) is 6.92. The second kappa shape index (κ2) is 10.0. The van der Waals surface area contributed by atoms with E-state index in [0.717, 1.165) is 55.5 Å². The Balaban J connectivity index is 1.31. The highest BCUT2D eigenvalue weighted by atomic mass is 35.5. The fourth-order valence-corrected chi connectivity index (χ4v) is 5.95. The summed E-state index contributed by atoms with van der Waals surface area (Å²) < 4.78 is 3.86. The Bertz CT molecular complexity index is 1410. The number of imidazole rings is 1. The largest absolute Gasteiger partial charge is 0.353 e. The summed E-state index contributed by atoms with van der Waals surface area (Å²) in [5.41, 5.74) is 3.11. The third kappa shape index (κ3) is 5.06. The maximum Gasteiger partial charge on any atom is 0.334 e. The van der Waals surface area contributed by atoms with Gasteiger partial charge in [0.05, 0.1) is 27.3 Å². The molecule has 37 heavy (non-hydrogen) atoms. The molecule has 1 aromatic carbocycles. The Morgan fingerprint density at radius 3 is 2.54 bits per heavy atom.